The highest BCUT2D eigenvalue weighted by Crippen LogP contribution is 2.31. The summed E-state index contributed by atoms with van der Waals surface area (Å²) in [6.07, 6.45) is 3.28. The van der Waals surface area contributed by atoms with Gasteiger partial charge in [0.1, 0.15) is 6.33 Å². The first-order valence-electron chi connectivity index (χ1n) is 5.84. The average molecular weight is 321 g/mol. The maximum absolute atomic E-state index is 10.3. The lowest BCUT2D eigenvalue weighted by atomic mass is 9.98. The molecule has 0 saturated heterocycles. The van der Waals surface area contributed by atoms with E-state index in [-0.39, 0.29) is 5.92 Å². The van der Waals surface area contributed by atoms with Gasteiger partial charge in [0, 0.05) is 27.7 Å². The third-order valence-corrected chi connectivity index (χ3v) is 3.51. The lowest BCUT2D eigenvalue weighted by Crippen LogP contribution is -2.06. The van der Waals surface area contributed by atoms with Crippen LogP contribution in [-0.4, -0.2) is 23.0 Å². The highest BCUT2D eigenvalue weighted by molar-refractivity contribution is 9.10. The number of carbonyl (C=O) groups is 1. The molecular weight excluding hydrogens is 308 g/mol. The van der Waals surface area contributed by atoms with E-state index in [1.165, 1.54) is 6.33 Å². The second kappa shape index (κ2) is 6.43. The molecule has 0 bridgehead atoms. The topological polar surface area (TPSA) is 52.1 Å². The molecule has 1 aromatic heterocycles. The molecule has 0 N–H and O–H groups in total. The molecule has 5 heteroatoms. The monoisotopic (exact) mass is 320 g/mol. The standard InChI is InChI=1S/C14H13BrN2O2/c1-10(7-19-9-18)12-6-16-8-17-14(12)11-4-2-3-5-13(11)15/h2-6,8-10H,7H2,1H3. The predicted molar refractivity (Wildman–Crippen MR) is 75.6 cm³/mol. The van der Waals surface area contributed by atoms with Crippen molar-refractivity contribution in [1.82, 2.24) is 9.97 Å². The van der Waals surface area contributed by atoms with Gasteiger partial charge in [-0.2, -0.15) is 0 Å². The van der Waals surface area contributed by atoms with Crippen molar-refractivity contribution in [1.29, 1.82) is 0 Å². The van der Waals surface area contributed by atoms with Crippen LogP contribution >= 0.6 is 15.9 Å². The minimum Gasteiger partial charge on any atom is -0.467 e. The molecule has 0 amide bonds. The van der Waals surface area contributed by atoms with Crippen molar-refractivity contribution in [3.63, 3.8) is 0 Å². The van der Waals surface area contributed by atoms with E-state index in [0.717, 1.165) is 21.3 Å². The third-order valence-electron chi connectivity index (χ3n) is 2.81. The first kappa shape index (κ1) is 13.7. The Hall–Kier alpha value is -1.75. The zero-order valence-electron chi connectivity index (χ0n) is 10.4. The fourth-order valence-corrected chi connectivity index (χ4v) is 2.33. The molecule has 19 heavy (non-hydrogen) atoms. The van der Waals surface area contributed by atoms with Crippen molar-refractivity contribution < 1.29 is 9.53 Å². The number of aromatic nitrogens is 2. The molecule has 4 nitrogen and oxygen atoms in total. The molecule has 0 aliphatic rings. The van der Waals surface area contributed by atoms with E-state index in [4.69, 9.17) is 4.74 Å². The van der Waals surface area contributed by atoms with Crippen molar-refractivity contribution in [2.24, 2.45) is 0 Å². The van der Waals surface area contributed by atoms with Crippen molar-refractivity contribution in [2.45, 2.75) is 12.8 Å². The third kappa shape index (κ3) is 3.17. The smallest absolute Gasteiger partial charge is 0.293 e. The molecule has 98 valence electrons. The number of benzene rings is 1. The Morgan fingerprint density at radius 3 is 2.95 bits per heavy atom. The van der Waals surface area contributed by atoms with E-state index >= 15 is 0 Å². The summed E-state index contributed by atoms with van der Waals surface area (Å²) in [5.74, 6) is 0.0357. The van der Waals surface area contributed by atoms with Crippen LogP contribution in [-0.2, 0) is 9.53 Å². The number of nitrogens with zero attached hydrogens (tertiary/aromatic N) is 2. The van der Waals surface area contributed by atoms with Crippen LogP contribution in [0.5, 0.6) is 0 Å². The van der Waals surface area contributed by atoms with Gasteiger partial charge >= 0.3 is 0 Å². The second-order valence-corrected chi connectivity index (χ2v) is 4.99. The Labute approximate surface area is 120 Å². The first-order chi connectivity index (χ1) is 9.24. The summed E-state index contributed by atoms with van der Waals surface area (Å²) in [4.78, 5) is 18.7. The van der Waals surface area contributed by atoms with Crippen molar-refractivity contribution >= 4 is 22.4 Å². The minimum absolute atomic E-state index is 0.0357. The van der Waals surface area contributed by atoms with Gasteiger partial charge < -0.3 is 4.74 Å². The molecule has 2 aromatic rings. The van der Waals surface area contributed by atoms with Gasteiger partial charge in [-0.15, -0.1) is 0 Å². The zero-order valence-corrected chi connectivity index (χ0v) is 12.0. The van der Waals surface area contributed by atoms with E-state index in [2.05, 4.69) is 25.9 Å². The number of hydrogen-bond donors (Lipinski definition) is 0. The first-order valence-corrected chi connectivity index (χ1v) is 6.63. The van der Waals surface area contributed by atoms with E-state index in [9.17, 15) is 4.79 Å². The molecule has 0 aliphatic carbocycles. The maximum Gasteiger partial charge on any atom is 0.293 e. The number of hydrogen-bond acceptors (Lipinski definition) is 4. The molecule has 1 unspecified atom stereocenters. The van der Waals surface area contributed by atoms with Gasteiger partial charge in [-0.1, -0.05) is 41.1 Å². The summed E-state index contributed by atoms with van der Waals surface area (Å²) >= 11 is 3.52. The second-order valence-electron chi connectivity index (χ2n) is 4.14. The molecular formula is C14H13BrN2O2. The number of ether oxygens (including phenoxy) is 1. The summed E-state index contributed by atoms with van der Waals surface area (Å²) < 4.78 is 5.79. The Kier molecular flexibility index (Phi) is 4.63. The lowest BCUT2D eigenvalue weighted by Gasteiger charge is -2.14. The zero-order chi connectivity index (χ0) is 13.7. The number of rotatable bonds is 5. The van der Waals surface area contributed by atoms with Crippen molar-refractivity contribution in [2.75, 3.05) is 6.61 Å². The van der Waals surface area contributed by atoms with E-state index < -0.39 is 0 Å². The number of halogens is 1. The van der Waals surface area contributed by atoms with Gasteiger partial charge in [-0.25, -0.2) is 9.97 Å². The molecule has 1 atom stereocenters. The summed E-state index contributed by atoms with van der Waals surface area (Å²) in [5.41, 5.74) is 2.80. The van der Waals surface area contributed by atoms with E-state index in [0.29, 0.717) is 13.1 Å². The molecule has 0 saturated carbocycles. The van der Waals surface area contributed by atoms with Crippen LogP contribution in [0.15, 0.2) is 41.3 Å². The molecule has 0 fully saturated rings. The highest BCUT2D eigenvalue weighted by atomic mass is 79.9. The molecule has 0 aliphatic heterocycles. The summed E-state index contributed by atoms with van der Waals surface area (Å²) in [6.45, 7) is 2.75. The lowest BCUT2D eigenvalue weighted by molar-refractivity contribution is -0.129. The normalized spacial score (nSPS) is 11.9. The number of carbonyl (C=O) groups excluding carboxylic acids is 1. The highest BCUT2D eigenvalue weighted by Gasteiger charge is 2.15. The fraction of sp³-hybridized carbons (Fsp3) is 0.214. The average Bonchev–Trinajstić information content (AvgIpc) is 2.45. The maximum atomic E-state index is 10.3. The van der Waals surface area contributed by atoms with Crippen LogP contribution in [0.1, 0.15) is 18.4 Å². The Morgan fingerprint density at radius 1 is 1.42 bits per heavy atom. The van der Waals surface area contributed by atoms with E-state index in [1.54, 1.807) is 6.20 Å². The SMILES string of the molecule is CC(COC=O)c1cncnc1-c1ccccc1Br. The summed E-state index contributed by atoms with van der Waals surface area (Å²) in [6, 6.07) is 7.86. The van der Waals surface area contributed by atoms with Gasteiger partial charge in [-0.05, 0) is 6.07 Å². The van der Waals surface area contributed by atoms with Crippen LogP contribution < -0.4 is 0 Å². The van der Waals surface area contributed by atoms with Gasteiger partial charge in [0.15, 0.2) is 0 Å². The quantitative estimate of drug-likeness (QED) is 0.794. The van der Waals surface area contributed by atoms with Gasteiger partial charge in [0.25, 0.3) is 6.47 Å². The molecule has 2 rings (SSSR count). The van der Waals surface area contributed by atoms with Gasteiger partial charge in [0.05, 0.1) is 12.3 Å². The Bertz CT molecular complexity index is 575. The van der Waals surface area contributed by atoms with Gasteiger partial charge in [-0.3, -0.25) is 4.79 Å². The van der Waals surface area contributed by atoms with Crippen molar-refractivity contribution in [3.8, 4) is 11.3 Å². The fourth-order valence-electron chi connectivity index (χ4n) is 1.85. The Balaban J connectivity index is 2.41. The van der Waals surface area contributed by atoms with E-state index in [1.807, 2.05) is 31.2 Å². The Morgan fingerprint density at radius 2 is 2.21 bits per heavy atom. The molecule has 1 aromatic carbocycles. The van der Waals surface area contributed by atoms with Gasteiger partial charge in [0.2, 0.25) is 0 Å². The minimum atomic E-state index is 0.0357. The molecule has 0 radical (unpaired) electrons. The van der Waals surface area contributed by atoms with Crippen LogP contribution in [0.3, 0.4) is 0 Å². The largest absolute Gasteiger partial charge is 0.467 e. The van der Waals surface area contributed by atoms with Crippen LogP contribution in [0.4, 0.5) is 0 Å². The molecule has 1 heterocycles. The summed E-state index contributed by atoms with van der Waals surface area (Å²) in [5, 5.41) is 0. The molecule has 0 spiro atoms. The predicted octanol–water partition coefficient (Wildman–Crippen LogP) is 3.18. The van der Waals surface area contributed by atoms with Crippen LogP contribution in [0, 0.1) is 0 Å². The van der Waals surface area contributed by atoms with Crippen molar-refractivity contribution in [3.05, 3.63) is 46.8 Å². The van der Waals surface area contributed by atoms with Crippen LogP contribution in [0.25, 0.3) is 11.3 Å². The summed E-state index contributed by atoms with van der Waals surface area (Å²) in [7, 11) is 0. The van der Waals surface area contributed by atoms with Crippen LogP contribution in [0.2, 0.25) is 0 Å².